The SMILES string of the molecule is Cc1ccc(NC(=S)N(C)Cc2ccc(Cl)cc2)cc1C. The lowest BCUT2D eigenvalue weighted by atomic mass is 10.1. The fourth-order valence-electron chi connectivity index (χ4n) is 1.97. The maximum Gasteiger partial charge on any atom is 0.173 e. The maximum atomic E-state index is 5.89. The number of rotatable bonds is 3. The third-order valence-corrected chi connectivity index (χ3v) is 4.10. The molecular formula is C17H19ClN2S. The molecule has 0 unspecified atom stereocenters. The molecule has 0 bridgehead atoms. The molecule has 2 rings (SSSR count). The smallest absolute Gasteiger partial charge is 0.173 e. The second kappa shape index (κ2) is 6.92. The maximum absolute atomic E-state index is 5.89. The van der Waals surface area contributed by atoms with Crippen LogP contribution in [-0.2, 0) is 6.54 Å². The molecular weight excluding hydrogens is 300 g/mol. The summed E-state index contributed by atoms with van der Waals surface area (Å²) in [5.41, 5.74) is 4.72. The van der Waals surface area contributed by atoms with Gasteiger partial charge in [-0.1, -0.05) is 29.8 Å². The van der Waals surface area contributed by atoms with E-state index in [4.69, 9.17) is 23.8 Å². The van der Waals surface area contributed by atoms with Crippen molar-refractivity contribution in [3.05, 3.63) is 64.2 Å². The first-order valence-corrected chi connectivity index (χ1v) is 7.58. The number of halogens is 1. The minimum absolute atomic E-state index is 0.702. The molecule has 0 radical (unpaired) electrons. The van der Waals surface area contributed by atoms with Crippen LogP contribution in [0.15, 0.2) is 42.5 Å². The molecule has 2 aromatic carbocycles. The van der Waals surface area contributed by atoms with Gasteiger partial charge in [0.15, 0.2) is 5.11 Å². The van der Waals surface area contributed by atoms with E-state index in [0.717, 1.165) is 17.3 Å². The molecule has 0 atom stereocenters. The number of thiocarbonyl (C=S) groups is 1. The Bertz CT molecular complexity index is 638. The van der Waals surface area contributed by atoms with Crippen LogP contribution in [0.5, 0.6) is 0 Å². The zero-order valence-electron chi connectivity index (χ0n) is 12.5. The summed E-state index contributed by atoms with van der Waals surface area (Å²) in [7, 11) is 1.98. The van der Waals surface area contributed by atoms with E-state index in [9.17, 15) is 0 Å². The molecule has 0 aliphatic heterocycles. The van der Waals surface area contributed by atoms with Crippen LogP contribution < -0.4 is 5.32 Å². The highest BCUT2D eigenvalue weighted by atomic mass is 35.5. The third kappa shape index (κ3) is 4.45. The highest BCUT2D eigenvalue weighted by molar-refractivity contribution is 7.80. The van der Waals surface area contributed by atoms with Crippen LogP contribution >= 0.6 is 23.8 Å². The minimum atomic E-state index is 0.702. The van der Waals surface area contributed by atoms with Crippen molar-refractivity contribution in [1.82, 2.24) is 4.90 Å². The minimum Gasteiger partial charge on any atom is -0.348 e. The molecule has 0 spiro atoms. The lowest BCUT2D eigenvalue weighted by Gasteiger charge is -2.21. The summed E-state index contributed by atoms with van der Waals surface area (Å²) in [6.45, 7) is 4.94. The van der Waals surface area contributed by atoms with Crippen LogP contribution in [0.2, 0.25) is 5.02 Å². The number of nitrogens with one attached hydrogen (secondary N) is 1. The van der Waals surface area contributed by atoms with Gasteiger partial charge in [0.05, 0.1) is 0 Å². The Morgan fingerprint density at radius 1 is 1.10 bits per heavy atom. The fraction of sp³-hybridized carbons (Fsp3) is 0.235. The standard InChI is InChI=1S/C17H19ClN2S/c1-12-4-9-16(10-13(12)2)19-17(21)20(3)11-14-5-7-15(18)8-6-14/h4-10H,11H2,1-3H3,(H,19,21). The molecule has 21 heavy (non-hydrogen) atoms. The Hall–Kier alpha value is -1.58. The molecule has 0 amide bonds. The van der Waals surface area contributed by atoms with E-state index in [0.29, 0.717) is 5.11 Å². The average molecular weight is 319 g/mol. The summed E-state index contributed by atoms with van der Waals surface area (Å²) in [4.78, 5) is 2.01. The first-order chi connectivity index (χ1) is 9.95. The van der Waals surface area contributed by atoms with E-state index >= 15 is 0 Å². The van der Waals surface area contributed by atoms with Crippen molar-refractivity contribution in [2.45, 2.75) is 20.4 Å². The first kappa shape index (κ1) is 15.8. The molecule has 0 heterocycles. The highest BCUT2D eigenvalue weighted by Gasteiger charge is 2.06. The number of aryl methyl sites for hydroxylation is 2. The van der Waals surface area contributed by atoms with Gasteiger partial charge in [-0.3, -0.25) is 0 Å². The molecule has 1 N–H and O–H groups in total. The molecule has 2 aromatic rings. The van der Waals surface area contributed by atoms with Crippen LogP contribution in [0.4, 0.5) is 5.69 Å². The number of nitrogens with zero attached hydrogens (tertiary/aromatic N) is 1. The normalized spacial score (nSPS) is 10.3. The zero-order valence-corrected chi connectivity index (χ0v) is 14.1. The molecule has 0 fully saturated rings. The zero-order chi connectivity index (χ0) is 15.4. The van der Waals surface area contributed by atoms with Crippen LogP contribution in [0, 0.1) is 13.8 Å². The Morgan fingerprint density at radius 2 is 1.76 bits per heavy atom. The summed E-state index contributed by atoms with van der Waals surface area (Å²) in [6, 6.07) is 14.1. The predicted octanol–water partition coefficient (Wildman–Crippen LogP) is 4.79. The molecule has 0 saturated heterocycles. The lowest BCUT2D eigenvalue weighted by molar-refractivity contribution is 0.508. The first-order valence-electron chi connectivity index (χ1n) is 6.79. The molecule has 4 heteroatoms. The van der Waals surface area contributed by atoms with Crippen molar-refractivity contribution in [2.24, 2.45) is 0 Å². The monoisotopic (exact) mass is 318 g/mol. The average Bonchev–Trinajstić information content (AvgIpc) is 2.45. The molecule has 110 valence electrons. The largest absolute Gasteiger partial charge is 0.348 e. The Morgan fingerprint density at radius 3 is 2.38 bits per heavy atom. The fourth-order valence-corrected chi connectivity index (χ4v) is 2.28. The molecule has 0 aliphatic rings. The van der Waals surface area contributed by atoms with Gasteiger partial charge in [-0.25, -0.2) is 0 Å². The third-order valence-electron chi connectivity index (χ3n) is 3.44. The van der Waals surface area contributed by atoms with Crippen molar-refractivity contribution in [2.75, 3.05) is 12.4 Å². The summed E-state index contributed by atoms with van der Waals surface area (Å²) < 4.78 is 0. The predicted molar refractivity (Wildman–Crippen MR) is 95.1 cm³/mol. The van der Waals surface area contributed by atoms with Crippen LogP contribution in [-0.4, -0.2) is 17.1 Å². The number of anilines is 1. The van der Waals surface area contributed by atoms with Gasteiger partial charge in [-0.05, 0) is 67.0 Å². The Labute approximate surface area is 136 Å². The van der Waals surface area contributed by atoms with Gasteiger partial charge in [0, 0.05) is 24.3 Å². The number of benzene rings is 2. The topological polar surface area (TPSA) is 15.3 Å². The second-order valence-corrected chi connectivity index (χ2v) is 6.03. The summed E-state index contributed by atoms with van der Waals surface area (Å²) in [6.07, 6.45) is 0. The van der Waals surface area contributed by atoms with Gasteiger partial charge in [0.2, 0.25) is 0 Å². The molecule has 0 aliphatic carbocycles. The molecule has 0 saturated carbocycles. The number of hydrogen-bond acceptors (Lipinski definition) is 1. The van der Waals surface area contributed by atoms with Crippen LogP contribution in [0.3, 0.4) is 0 Å². The van der Waals surface area contributed by atoms with Crippen LogP contribution in [0.25, 0.3) is 0 Å². The van der Waals surface area contributed by atoms with E-state index in [1.807, 2.05) is 42.3 Å². The van der Waals surface area contributed by atoms with Crippen molar-refractivity contribution < 1.29 is 0 Å². The second-order valence-electron chi connectivity index (χ2n) is 5.21. The van der Waals surface area contributed by atoms with Crippen molar-refractivity contribution >= 4 is 34.6 Å². The van der Waals surface area contributed by atoms with E-state index in [1.165, 1.54) is 16.7 Å². The quantitative estimate of drug-likeness (QED) is 0.819. The highest BCUT2D eigenvalue weighted by Crippen LogP contribution is 2.15. The summed E-state index contributed by atoms with van der Waals surface area (Å²) >= 11 is 11.3. The van der Waals surface area contributed by atoms with Gasteiger partial charge in [-0.15, -0.1) is 0 Å². The summed E-state index contributed by atoms with van der Waals surface area (Å²) in [5.74, 6) is 0. The van der Waals surface area contributed by atoms with Crippen molar-refractivity contribution in [3.63, 3.8) is 0 Å². The van der Waals surface area contributed by atoms with Crippen LogP contribution in [0.1, 0.15) is 16.7 Å². The number of hydrogen-bond donors (Lipinski definition) is 1. The van der Waals surface area contributed by atoms with Gasteiger partial charge < -0.3 is 10.2 Å². The lowest BCUT2D eigenvalue weighted by Crippen LogP contribution is -2.30. The van der Waals surface area contributed by atoms with E-state index in [2.05, 4.69) is 31.3 Å². The van der Waals surface area contributed by atoms with E-state index in [1.54, 1.807) is 0 Å². The van der Waals surface area contributed by atoms with Crippen molar-refractivity contribution in [1.29, 1.82) is 0 Å². The van der Waals surface area contributed by atoms with Crippen molar-refractivity contribution in [3.8, 4) is 0 Å². The molecule has 0 aromatic heterocycles. The summed E-state index contributed by atoms with van der Waals surface area (Å²) in [5, 5.41) is 4.72. The van der Waals surface area contributed by atoms with Gasteiger partial charge in [0.1, 0.15) is 0 Å². The molecule has 2 nitrogen and oxygen atoms in total. The van der Waals surface area contributed by atoms with Gasteiger partial charge in [-0.2, -0.15) is 0 Å². The van der Waals surface area contributed by atoms with Gasteiger partial charge in [0.25, 0.3) is 0 Å². The van der Waals surface area contributed by atoms with E-state index < -0.39 is 0 Å². The Balaban J connectivity index is 1.98. The van der Waals surface area contributed by atoms with Gasteiger partial charge >= 0.3 is 0 Å². The van der Waals surface area contributed by atoms with E-state index in [-0.39, 0.29) is 0 Å². The Kier molecular flexibility index (Phi) is 5.21.